The van der Waals surface area contributed by atoms with Gasteiger partial charge in [0, 0.05) is 13.0 Å². The largest absolute Gasteiger partial charge is 0.472 e. The van der Waals surface area contributed by atoms with Gasteiger partial charge in [0.2, 0.25) is 5.91 Å². The average Bonchev–Trinajstić information content (AvgIpc) is 3.25. The number of aliphatic hydroxyl groups is 1. The molecule has 0 aliphatic carbocycles. The molecule has 0 bridgehead atoms. The lowest BCUT2D eigenvalue weighted by atomic mass is 10.0. The predicted molar refractivity (Wildman–Crippen MR) is 263 cm³/mol. The van der Waals surface area contributed by atoms with Crippen molar-refractivity contribution in [1.29, 1.82) is 0 Å². The number of carbonyl (C=O) groups is 1. The zero-order valence-electron chi connectivity index (χ0n) is 40.9. The summed E-state index contributed by atoms with van der Waals surface area (Å²) in [5, 5.41) is 13.9. The molecule has 1 amide bonds. The molecule has 366 valence electrons. The summed E-state index contributed by atoms with van der Waals surface area (Å²) in [5.41, 5.74) is 5.40. The van der Waals surface area contributed by atoms with Crippen molar-refractivity contribution in [2.45, 2.75) is 309 Å². The molecule has 0 aromatic rings. The maximum atomic E-state index is 12.9. The molecule has 1 unspecified atom stereocenters. The van der Waals surface area contributed by atoms with E-state index in [-0.39, 0.29) is 25.7 Å². The molecule has 0 aliphatic rings. The molecule has 0 saturated heterocycles. The molecule has 8 nitrogen and oxygen atoms in total. The van der Waals surface area contributed by atoms with Crippen LogP contribution in [0.1, 0.15) is 296 Å². The summed E-state index contributed by atoms with van der Waals surface area (Å²) in [6, 6.07) is -0.769. The van der Waals surface area contributed by atoms with E-state index in [4.69, 9.17) is 14.8 Å². The molecule has 3 atom stereocenters. The van der Waals surface area contributed by atoms with E-state index in [0.29, 0.717) is 12.8 Å². The Bertz CT molecular complexity index is 926. The summed E-state index contributed by atoms with van der Waals surface area (Å²) in [7, 11) is -4.31. The van der Waals surface area contributed by atoms with Gasteiger partial charge in [-0.2, -0.15) is 0 Å². The Kier molecular flexibility index (Phi) is 48.5. The zero-order chi connectivity index (χ0) is 44.6. The number of carbonyl (C=O) groups excluding carboxylic acids is 1. The highest BCUT2D eigenvalue weighted by molar-refractivity contribution is 7.47. The highest BCUT2D eigenvalue weighted by atomic mass is 31.2. The van der Waals surface area contributed by atoms with Crippen molar-refractivity contribution in [3.63, 3.8) is 0 Å². The molecule has 0 aromatic carbocycles. The van der Waals surface area contributed by atoms with Gasteiger partial charge in [-0.1, -0.05) is 277 Å². The standard InChI is InChI=1S/C52H107N2O6P/c1-3-5-7-9-11-13-15-17-19-20-21-22-23-24-25-26-27-28-29-30-32-34-36-38-40-42-44-46-52(56)54-50(49-60-61(57,58)59-48-47-53)51(55)45-43-41-39-37-35-33-31-18-16-14-12-10-8-6-4-2/h50-51,55H,3-49,53H2,1-2H3,(H,54,56)(H,57,58)/t50-,51+/m0/s1. The van der Waals surface area contributed by atoms with E-state index in [1.165, 1.54) is 231 Å². The number of nitrogens with one attached hydrogen (secondary N) is 1. The van der Waals surface area contributed by atoms with Crippen LogP contribution in [0, 0.1) is 0 Å². The summed E-state index contributed by atoms with van der Waals surface area (Å²) in [6.45, 7) is 4.26. The Labute approximate surface area is 380 Å². The minimum Gasteiger partial charge on any atom is -0.391 e. The van der Waals surface area contributed by atoms with Crippen LogP contribution in [0.15, 0.2) is 0 Å². The van der Waals surface area contributed by atoms with Crippen LogP contribution in [-0.4, -0.2) is 47.8 Å². The minimum atomic E-state index is -4.31. The molecular weight excluding hydrogens is 780 g/mol. The summed E-state index contributed by atoms with van der Waals surface area (Å²) >= 11 is 0. The molecule has 0 fully saturated rings. The van der Waals surface area contributed by atoms with Crippen molar-refractivity contribution in [3.05, 3.63) is 0 Å². The Balaban J connectivity index is 3.89. The third-order valence-electron chi connectivity index (χ3n) is 12.7. The van der Waals surface area contributed by atoms with Gasteiger partial charge in [0.05, 0.1) is 25.4 Å². The summed E-state index contributed by atoms with van der Waals surface area (Å²) in [4.78, 5) is 22.9. The van der Waals surface area contributed by atoms with Gasteiger partial charge >= 0.3 is 7.82 Å². The van der Waals surface area contributed by atoms with Crippen molar-refractivity contribution in [2.75, 3.05) is 19.8 Å². The zero-order valence-corrected chi connectivity index (χ0v) is 41.8. The van der Waals surface area contributed by atoms with E-state index in [9.17, 15) is 19.4 Å². The van der Waals surface area contributed by atoms with Crippen LogP contribution >= 0.6 is 7.82 Å². The number of phosphoric acid groups is 1. The Hall–Kier alpha value is -0.500. The highest BCUT2D eigenvalue weighted by Gasteiger charge is 2.27. The number of rotatable bonds is 52. The fraction of sp³-hybridized carbons (Fsp3) is 0.981. The van der Waals surface area contributed by atoms with E-state index in [2.05, 4.69) is 19.2 Å². The highest BCUT2D eigenvalue weighted by Crippen LogP contribution is 2.43. The van der Waals surface area contributed by atoms with Crippen LogP contribution in [0.4, 0.5) is 0 Å². The predicted octanol–water partition coefficient (Wildman–Crippen LogP) is 16.1. The molecule has 0 aromatic heterocycles. The van der Waals surface area contributed by atoms with Crippen LogP contribution in [0.5, 0.6) is 0 Å². The van der Waals surface area contributed by atoms with Crippen LogP contribution in [-0.2, 0) is 18.4 Å². The third-order valence-corrected chi connectivity index (χ3v) is 13.7. The average molecular weight is 887 g/mol. The van der Waals surface area contributed by atoms with E-state index in [1.54, 1.807) is 0 Å². The molecule has 0 saturated carbocycles. The lowest BCUT2D eigenvalue weighted by molar-refractivity contribution is -0.123. The molecule has 0 rings (SSSR count). The number of aliphatic hydroxyl groups excluding tert-OH is 1. The van der Waals surface area contributed by atoms with Crippen molar-refractivity contribution >= 4 is 13.7 Å². The second kappa shape index (κ2) is 48.9. The van der Waals surface area contributed by atoms with Gasteiger partial charge in [-0.3, -0.25) is 13.8 Å². The third kappa shape index (κ3) is 47.3. The molecule has 61 heavy (non-hydrogen) atoms. The topological polar surface area (TPSA) is 131 Å². The molecule has 0 radical (unpaired) electrons. The number of phosphoric ester groups is 1. The van der Waals surface area contributed by atoms with Crippen molar-refractivity contribution < 1.29 is 28.4 Å². The Morgan fingerprint density at radius 3 is 1.05 bits per heavy atom. The molecule has 0 aliphatic heterocycles. The van der Waals surface area contributed by atoms with Crippen molar-refractivity contribution in [3.8, 4) is 0 Å². The SMILES string of the molecule is CCCCCCCCCCCCCCCCCCCCCCCCCCCCCC(=O)N[C@@H](COP(=O)(O)OCCN)[C@H](O)CCCCCCCCCCCCCCCCC. The summed E-state index contributed by atoms with van der Waals surface area (Å²) < 4.78 is 22.3. The van der Waals surface area contributed by atoms with E-state index < -0.39 is 20.0 Å². The second-order valence-electron chi connectivity index (χ2n) is 18.8. The Morgan fingerprint density at radius 1 is 0.475 bits per heavy atom. The van der Waals surface area contributed by atoms with E-state index >= 15 is 0 Å². The quantitative estimate of drug-likeness (QED) is 0.0353. The maximum absolute atomic E-state index is 12.9. The minimum absolute atomic E-state index is 0.0928. The van der Waals surface area contributed by atoms with Gasteiger partial charge < -0.3 is 21.1 Å². The number of hydrogen-bond donors (Lipinski definition) is 4. The lowest BCUT2D eigenvalue weighted by Crippen LogP contribution is -2.46. The van der Waals surface area contributed by atoms with Crippen LogP contribution < -0.4 is 11.1 Å². The van der Waals surface area contributed by atoms with Gasteiger partial charge in [0.15, 0.2) is 0 Å². The molecule has 0 spiro atoms. The first-order chi connectivity index (χ1) is 29.9. The van der Waals surface area contributed by atoms with Gasteiger partial charge in [0.25, 0.3) is 0 Å². The van der Waals surface area contributed by atoms with Gasteiger partial charge in [-0.25, -0.2) is 4.57 Å². The van der Waals surface area contributed by atoms with Gasteiger partial charge in [-0.15, -0.1) is 0 Å². The molecule has 0 heterocycles. The summed E-state index contributed by atoms with van der Waals surface area (Å²) in [6.07, 6.45) is 55.7. The molecule has 5 N–H and O–H groups in total. The first-order valence-corrected chi connectivity index (χ1v) is 28.6. The Morgan fingerprint density at radius 2 is 0.754 bits per heavy atom. The molecule has 9 heteroatoms. The van der Waals surface area contributed by atoms with Crippen molar-refractivity contribution in [2.24, 2.45) is 5.73 Å². The fourth-order valence-corrected chi connectivity index (χ4v) is 9.37. The van der Waals surface area contributed by atoms with Gasteiger partial charge in [-0.05, 0) is 12.8 Å². The number of amides is 1. The van der Waals surface area contributed by atoms with Crippen LogP contribution in [0.2, 0.25) is 0 Å². The van der Waals surface area contributed by atoms with E-state index in [0.717, 1.165) is 38.5 Å². The fourth-order valence-electron chi connectivity index (χ4n) is 8.61. The lowest BCUT2D eigenvalue weighted by Gasteiger charge is -2.25. The second-order valence-corrected chi connectivity index (χ2v) is 20.3. The van der Waals surface area contributed by atoms with E-state index in [1.807, 2.05) is 0 Å². The first-order valence-electron chi connectivity index (χ1n) is 27.2. The summed E-state index contributed by atoms with van der Waals surface area (Å²) in [5.74, 6) is -0.153. The number of nitrogens with two attached hydrogens (primary N) is 1. The smallest absolute Gasteiger partial charge is 0.391 e. The van der Waals surface area contributed by atoms with Crippen LogP contribution in [0.25, 0.3) is 0 Å². The van der Waals surface area contributed by atoms with Gasteiger partial charge in [0.1, 0.15) is 0 Å². The molecular formula is C52H107N2O6P. The maximum Gasteiger partial charge on any atom is 0.472 e. The van der Waals surface area contributed by atoms with Crippen molar-refractivity contribution in [1.82, 2.24) is 5.32 Å². The monoisotopic (exact) mass is 887 g/mol. The number of hydrogen-bond acceptors (Lipinski definition) is 6. The first kappa shape index (κ1) is 60.5. The number of unbranched alkanes of at least 4 members (excludes halogenated alkanes) is 40. The normalized spacial score (nSPS) is 13.7. The van der Waals surface area contributed by atoms with Crippen LogP contribution in [0.3, 0.4) is 0 Å².